The van der Waals surface area contributed by atoms with Gasteiger partial charge in [-0.25, -0.2) is 4.98 Å². The fourth-order valence-electron chi connectivity index (χ4n) is 2.35. The van der Waals surface area contributed by atoms with E-state index in [2.05, 4.69) is 20.6 Å². The van der Waals surface area contributed by atoms with Gasteiger partial charge in [0.15, 0.2) is 11.7 Å². The molecule has 6 nitrogen and oxygen atoms in total. The van der Waals surface area contributed by atoms with Crippen LogP contribution in [-0.4, -0.2) is 49.4 Å². The van der Waals surface area contributed by atoms with Crippen molar-refractivity contribution in [2.24, 2.45) is 4.99 Å². The number of carbonyl (C=O) groups excluding carboxylic acids is 1. The van der Waals surface area contributed by atoms with Gasteiger partial charge in [0.05, 0.1) is 6.54 Å². The van der Waals surface area contributed by atoms with Crippen molar-refractivity contribution in [2.45, 2.75) is 19.1 Å². The summed E-state index contributed by atoms with van der Waals surface area (Å²) in [5.74, 6) is 0.401. The minimum Gasteiger partial charge on any atom is -0.356 e. The fraction of sp³-hybridized carbons (Fsp3) is 0.389. The van der Waals surface area contributed by atoms with Crippen molar-refractivity contribution in [3.8, 4) is 0 Å². The molecule has 0 spiro atoms. The van der Waals surface area contributed by atoms with Crippen LogP contribution < -0.4 is 10.6 Å². The number of thiazole rings is 1. The molecule has 0 aliphatic heterocycles. The third-order valence-corrected chi connectivity index (χ3v) is 4.61. The summed E-state index contributed by atoms with van der Waals surface area (Å²) in [7, 11) is 4.98. The van der Waals surface area contributed by atoms with E-state index in [0.717, 1.165) is 22.3 Å². The van der Waals surface area contributed by atoms with Crippen LogP contribution in [0.2, 0.25) is 0 Å². The second-order valence-corrected chi connectivity index (χ2v) is 7.07. The van der Waals surface area contributed by atoms with Crippen LogP contribution in [0.5, 0.6) is 0 Å². The third-order valence-electron chi connectivity index (χ3n) is 3.76. The molecule has 0 saturated carbocycles. The molecule has 0 aliphatic rings. The predicted molar refractivity (Wildman–Crippen MR) is 103 cm³/mol. The maximum Gasteiger partial charge on any atom is 0.434 e. The second-order valence-electron chi connectivity index (χ2n) is 6.13. The summed E-state index contributed by atoms with van der Waals surface area (Å²) in [5.41, 5.74) is 0.726. The number of nitrogens with zero attached hydrogens (tertiary/aromatic N) is 3. The SMILES string of the molecule is CN=C(NCCc1cccc(C(=O)N(C)C)c1)NCc1nc(C(F)(F)F)cs1. The van der Waals surface area contributed by atoms with Gasteiger partial charge in [-0.3, -0.25) is 9.79 Å². The number of nitrogens with one attached hydrogen (secondary N) is 2. The standard InChI is InChI=1S/C18H22F3N5OS/c1-22-17(24-10-15-25-14(11-28-15)18(19,20)21)23-8-7-12-5-4-6-13(9-12)16(27)26(2)3/h4-6,9,11H,7-8,10H2,1-3H3,(H2,22,23,24). The van der Waals surface area contributed by atoms with Gasteiger partial charge in [-0.15, -0.1) is 11.3 Å². The lowest BCUT2D eigenvalue weighted by atomic mass is 10.1. The highest BCUT2D eigenvalue weighted by Gasteiger charge is 2.33. The highest BCUT2D eigenvalue weighted by atomic mass is 32.1. The van der Waals surface area contributed by atoms with Crippen molar-refractivity contribution in [3.05, 3.63) is 51.5 Å². The smallest absolute Gasteiger partial charge is 0.356 e. The zero-order chi connectivity index (χ0) is 20.7. The summed E-state index contributed by atoms with van der Waals surface area (Å²) in [6, 6.07) is 7.37. The largest absolute Gasteiger partial charge is 0.434 e. The van der Waals surface area contributed by atoms with E-state index in [1.54, 1.807) is 27.2 Å². The fourth-order valence-corrected chi connectivity index (χ4v) is 3.09. The molecule has 0 unspecified atom stereocenters. The Morgan fingerprint density at radius 2 is 2.04 bits per heavy atom. The summed E-state index contributed by atoms with van der Waals surface area (Å²) in [4.78, 5) is 21.1. The van der Waals surface area contributed by atoms with E-state index in [-0.39, 0.29) is 12.5 Å². The molecule has 2 aromatic rings. The average Bonchev–Trinajstić information content (AvgIpc) is 3.13. The molecule has 1 aromatic carbocycles. The van der Waals surface area contributed by atoms with Gasteiger partial charge < -0.3 is 15.5 Å². The molecular formula is C18H22F3N5OS. The molecule has 0 bridgehead atoms. The molecule has 0 radical (unpaired) electrons. The maximum atomic E-state index is 12.6. The number of alkyl halides is 3. The van der Waals surface area contributed by atoms with Gasteiger partial charge in [0.25, 0.3) is 5.91 Å². The van der Waals surface area contributed by atoms with Crippen LogP contribution in [0, 0.1) is 0 Å². The quantitative estimate of drug-likeness (QED) is 0.565. The minimum absolute atomic E-state index is 0.0611. The molecule has 1 heterocycles. The molecule has 2 N–H and O–H groups in total. The van der Waals surface area contributed by atoms with Crippen molar-refractivity contribution >= 4 is 23.2 Å². The van der Waals surface area contributed by atoms with Crippen LogP contribution in [0.4, 0.5) is 13.2 Å². The number of halogens is 3. The van der Waals surface area contributed by atoms with Crippen molar-refractivity contribution < 1.29 is 18.0 Å². The number of hydrogen-bond donors (Lipinski definition) is 2. The van der Waals surface area contributed by atoms with Crippen LogP contribution in [0.15, 0.2) is 34.6 Å². The van der Waals surface area contributed by atoms with Gasteiger partial charge >= 0.3 is 6.18 Å². The number of aliphatic imine (C=N–C) groups is 1. The van der Waals surface area contributed by atoms with Crippen molar-refractivity contribution in [1.29, 1.82) is 0 Å². The lowest BCUT2D eigenvalue weighted by Gasteiger charge is -2.13. The summed E-state index contributed by atoms with van der Waals surface area (Å²) in [6.07, 6.45) is -3.78. The number of benzene rings is 1. The zero-order valence-corrected chi connectivity index (χ0v) is 16.6. The van der Waals surface area contributed by atoms with Crippen LogP contribution in [-0.2, 0) is 19.1 Å². The monoisotopic (exact) mass is 413 g/mol. The number of amides is 1. The topological polar surface area (TPSA) is 69.6 Å². The lowest BCUT2D eigenvalue weighted by Crippen LogP contribution is -2.37. The lowest BCUT2D eigenvalue weighted by molar-refractivity contribution is -0.140. The molecule has 0 atom stereocenters. The summed E-state index contributed by atoms with van der Waals surface area (Å²) in [5, 5.41) is 7.35. The van der Waals surface area contributed by atoms with E-state index < -0.39 is 11.9 Å². The Balaban J connectivity index is 1.84. The Bertz CT molecular complexity index is 833. The van der Waals surface area contributed by atoms with E-state index in [1.165, 1.54) is 4.90 Å². The Labute approximate surface area is 165 Å². The maximum absolute atomic E-state index is 12.6. The molecule has 0 aliphatic carbocycles. The molecule has 0 fully saturated rings. The Kier molecular flexibility index (Phi) is 7.38. The summed E-state index contributed by atoms with van der Waals surface area (Å²) >= 11 is 0.944. The van der Waals surface area contributed by atoms with E-state index in [9.17, 15) is 18.0 Å². The molecule has 28 heavy (non-hydrogen) atoms. The van der Waals surface area contributed by atoms with E-state index in [4.69, 9.17) is 0 Å². The molecule has 1 amide bonds. The molecule has 0 saturated heterocycles. The second kappa shape index (κ2) is 9.54. The van der Waals surface area contributed by atoms with Gasteiger partial charge in [-0.2, -0.15) is 13.2 Å². The van der Waals surface area contributed by atoms with Gasteiger partial charge in [0.1, 0.15) is 5.01 Å². The van der Waals surface area contributed by atoms with E-state index >= 15 is 0 Å². The van der Waals surface area contributed by atoms with E-state index in [0.29, 0.717) is 29.5 Å². The Morgan fingerprint density at radius 3 is 2.64 bits per heavy atom. The van der Waals surface area contributed by atoms with Crippen LogP contribution in [0.25, 0.3) is 0 Å². The summed E-state index contributed by atoms with van der Waals surface area (Å²) < 4.78 is 37.7. The van der Waals surface area contributed by atoms with E-state index in [1.807, 2.05) is 18.2 Å². The Hall–Kier alpha value is -2.62. The van der Waals surface area contributed by atoms with Gasteiger partial charge in [0, 0.05) is 38.6 Å². The van der Waals surface area contributed by atoms with Crippen LogP contribution in [0.3, 0.4) is 0 Å². The first-order valence-corrected chi connectivity index (χ1v) is 9.35. The minimum atomic E-state index is -4.43. The average molecular weight is 413 g/mol. The van der Waals surface area contributed by atoms with Crippen LogP contribution in [0.1, 0.15) is 26.6 Å². The predicted octanol–water partition coefficient (Wildman–Crippen LogP) is 2.77. The van der Waals surface area contributed by atoms with Crippen molar-refractivity contribution in [3.63, 3.8) is 0 Å². The number of carbonyl (C=O) groups is 1. The first kappa shape index (κ1) is 21.7. The molecular weight excluding hydrogens is 391 g/mol. The summed E-state index contributed by atoms with van der Waals surface area (Å²) in [6.45, 7) is 0.693. The highest BCUT2D eigenvalue weighted by molar-refractivity contribution is 7.09. The molecule has 1 aromatic heterocycles. The number of guanidine groups is 1. The number of rotatable bonds is 6. The van der Waals surface area contributed by atoms with Crippen molar-refractivity contribution in [1.82, 2.24) is 20.5 Å². The first-order chi connectivity index (χ1) is 13.2. The third kappa shape index (κ3) is 6.22. The molecule has 10 heteroatoms. The molecule has 152 valence electrons. The normalized spacial score (nSPS) is 12.0. The number of hydrogen-bond acceptors (Lipinski definition) is 4. The van der Waals surface area contributed by atoms with Gasteiger partial charge in [0.2, 0.25) is 0 Å². The van der Waals surface area contributed by atoms with Crippen molar-refractivity contribution in [2.75, 3.05) is 27.7 Å². The first-order valence-electron chi connectivity index (χ1n) is 8.47. The number of aromatic nitrogens is 1. The highest BCUT2D eigenvalue weighted by Crippen LogP contribution is 2.29. The zero-order valence-electron chi connectivity index (χ0n) is 15.8. The van der Waals surface area contributed by atoms with Gasteiger partial charge in [-0.1, -0.05) is 12.1 Å². The van der Waals surface area contributed by atoms with Gasteiger partial charge in [-0.05, 0) is 24.1 Å². The molecule has 2 rings (SSSR count). The van der Waals surface area contributed by atoms with Crippen LogP contribution >= 0.6 is 11.3 Å². The Morgan fingerprint density at radius 1 is 1.29 bits per heavy atom.